The molecule has 2 aromatic carbocycles. The molecule has 0 atom stereocenters. The number of pyridine rings is 1. The zero-order valence-electron chi connectivity index (χ0n) is 11.0. The smallest absolute Gasteiger partial charge is 0.136 e. The van der Waals surface area contributed by atoms with Gasteiger partial charge in [-0.2, -0.15) is 0 Å². The molecule has 0 spiro atoms. The lowest BCUT2D eigenvalue weighted by Crippen LogP contribution is -1.92. The van der Waals surface area contributed by atoms with Crippen LogP contribution in [0.15, 0.2) is 54.7 Å². The Balaban J connectivity index is 2.04. The van der Waals surface area contributed by atoms with Gasteiger partial charge in [-0.1, -0.05) is 6.07 Å². The van der Waals surface area contributed by atoms with Crippen molar-refractivity contribution in [3.8, 4) is 17.2 Å². The maximum atomic E-state index is 5.93. The zero-order chi connectivity index (χ0) is 13.9. The largest absolute Gasteiger partial charge is 0.497 e. The van der Waals surface area contributed by atoms with Crippen LogP contribution >= 0.6 is 0 Å². The Kier molecular flexibility index (Phi) is 3.13. The molecule has 0 saturated heterocycles. The molecule has 2 N–H and O–H groups in total. The highest BCUT2D eigenvalue weighted by atomic mass is 16.5. The quantitative estimate of drug-likeness (QED) is 0.736. The average molecular weight is 266 g/mol. The third kappa shape index (κ3) is 2.23. The number of hydrogen-bond acceptors (Lipinski definition) is 4. The monoisotopic (exact) mass is 266 g/mol. The first-order valence-electron chi connectivity index (χ1n) is 6.23. The highest BCUT2D eigenvalue weighted by Crippen LogP contribution is 2.32. The van der Waals surface area contributed by atoms with Crippen LogP contribution in [0, 0.1) is 0 Å². The number of anilines is 1. The summed E-state index contributed by atoms with van der Waals surface area (Å²) in [6.45, 7) is 0. The molecule has 100 valence electrons. The van der Waals surface area contributed by atoms with E-state index in [2.05, 4.69) is 4.98 Å². The summed E-state index contributed by atoms with van der Waals surface area (Å²) >= 11 is 0. The van der Waals surface area contributed by atoms with Crippen LogP contribution in [-0.2, 0) is 0 Å². The number of methoxy groups -OCH3 is 1. The average Bonchev–Trinajstić information content (AvgIpc) is 2.51. The molecule has 0 aliphatic heterocycles. The van der Waals surface area contributed by atoms with Gasteiger partial charge >= 0.3 is 0 Å². The van der Waals surface area contributed by atoms with Crippen molar-refractivity contribution < 1.29 is 9.47 Å². The van der Waals surface area contributed by atoms with Gasteiger partial charge in [0.05, 0.1) is 18.3 Å². The molecule has 0 aliphatic carbocycles. The summed E-state index contributed by atoms with van der Waals surface area (Å²) in [6.07, 6.45) is 1.72. The molecular weight excluding hydrogens is 252 g/mol. The van der Waals surface area contributed by atoms with E-state index >= 15 is 0 Å². The second-order valence-electron chi connectivity index (χ2n) is 4.33. The summed E-state index contributed by atoms with van der Waals surface area (Å²) in [7, 11) is 1.63. The van der Waals surface area contributed by atoms with Gasteiger partial charge < -0.3 is 15.2 Å². The van der Waals surface area contributed by atoms with E-state index < -0.39 is 0 Å². The van der Waals surface area contributed by atoms with Crippen LogP contribution in [0.4, 0.5) is 5.69 Å². The molecule has 0 unspecified atom stereocenters. The molecule has 3 aromatic rings. The van der Waals surface area contributed by atoms with Crippen molar-refractivity contribution in [3.05, 3.63) is 54.7 Å². The van der Waals surface area contributed by atoms with Crippen LogP contribution in [0.1, 0.15) is 0 Å². The van der Waals surface area contributed by atoms with E-state index in [1.165, 1.54) is 0 Å². The molecule has 0 aliphatic rings. The Bertz CT molecular complexity index is 756. The molecule has 4 heteroatoms. The van der Waals surface area contributed by atoms with E-state index in [-0.39, 0.29) is 0 Å². The number of ether oxygens (including phenoxy) is 2. The standard InChI is InChI=1S/C16H14N2O2/c1-19-11-4-2-5-12(10-11)20-15-8-7-14(17)16-13(15)6-3-9-18-16/h2-10H,17H2,1H3. The predicted molar refractivity (Wildman–Crippen MR) is 79.2 cm³/mol. The van der Waals surface area contributed by atoms with Gasteiger partial charge in [-0.3, -0.25) is 4.98 Å². The number of nitrogens with two attached hydrogens (primary N) is 1. The summed E-state index contributed by atoms with van der Waals surface area (Å²) in [5.41, 5.74) is 7.31. The maximum absolute atomic E-state index is 5.93. The van der Waals surface area contributed by atoms with Crippen molar-refractivity contribution >= 4 is 16.6 Å². The molecule has 0 radical (unpaired) electrons. The molecule has 3 rings (SSSR count). The van der Waals surface area contributed by atoms with Crippen molar-refractivity contribution in [2.24, 2.45) is 0 Å². The normalized spacial score (nSPS) is 10.4. The van der Waals surface area contributed by atoms with Crippen molar-refractivity contribution in [3.63, 3.8) is 0 Å². The second kappa shape index (κ2) is 5.09. The molecule has 0 fully saturated rings. The van der Waals surface area contributed by atoms with E-state index in [1.54, 1.807) is 19.4 Å². The van der Waals surface area contributed by atoms with Crippen molar-refractivity contribution in [1.29, 1.82) is 0 Å². The molecule has 0 saturated carbocycles. The molecule has 20 heavy (non-hydrogen) atoms. The number of hydrogen-bond donors (Lipinski definition) is 1. The summed E-state index contributed by atoms with van der Waals surface area (Å²) in [6, 6.07) is 14.9. The Morgan fingerprint density at radius 2 is 1.85 bits per heavy atom. The lowest BCUT2D eigenvalue weighted by atomic mass is 10.1. The van der Waals surface area contributed by atoms with E-state index in [4.69, 9.17) is 15.2 Å². The van der Waals surface area contributed by atoms with Gasteiger partial charge in [0.15, 0.2) is 0 Å². The second-order valence-corrected chi connectivity index (χ2v) is 4.33. The topological polar surface area (TPSA) is 57.4 Å². The van der Waals surface area contributed by atoms with Gasteiger partial charge in [-0.05, 0) is 36.4 Å². The van der Waals surface area contributed by atoms with Crippen LogP contribution in [0.2, 0.25) is 0 Å². The Labute approximate surface area is 116 Å². The molecule has 0 bridgehead atoms. The lowest BCUT2D eigenvalue weighted by Gasteiger charge is -2.10. The minimum absolute atomic E-state index is 0.638. The van der Waals surface area contributed by atoms with Crippen LogP contribution in [0.5, 0.6) is 17.2 Å². The van der Waals surface area contributed by atoms with Crippen molar-refractivity contribution in [2.45, 2.75) is 0 Å². The molecule has 1 aromatic heterocycles. The van der Waals surface area contributed by atoms with Crippen LogP contribution < -0.4 is 15.2 Å². The summed E-state index contributed by atoms with van der Waals surface area (Å²) < 4.78 is 11.1. The van der Waals surface area contributed by atoms with Crippen LogP contribution in [-0.4, -0.2) is 12.1 Å². The first-order valence-corrected chi connectivity index (χ1v) is 6.23. The van der Waals surface area contributed by atoms with E-state index in [9.17, 15) is 0 Å². The summed E-state index contributed by atoms with van der Waals surface area (Å²) in [5, 5.41) is 0.885. The number of nitrogens with zero attached hydrogens (tertiary/aromatic N) is 1. The Hall–Kier alpha value is -2.75. The summed E-state index contributed by atoms with van der Waals surface area (Å²) in [5.74, 6) is 2.18. The fraction of sp³-hybridized carbons (Fsp3) is 0.0625. The number of benzene rings is 2. The zero-order valence-corrected chi connectivity index (χ0v) is 11.0. The minimum Gasteiger partial charge on any atom is -0.497 e. The van der Waals surface area contributed by atoms with Gasteiger partial charge in [-0.15, -0.1) is 0 Å². The number of nitrogen functional groups attached to an aromatic ring is 1. The fourth-order valence-electron chi connectivity index (χ4n) is 2.05. The predicted octanol–water partition coefficient (Wildman–Crippen LogP) is 3.62. The number of rotatable bonds is 3. The molecule has 0 amide bonds. The van der Waals surface area contributed by atoms with E-state index in [0.717, 1.165) is 22.4 Å². The first kappa shape index (κ1) is 12.3. The first-order chi connectivity index (χ1) is 9.78. The molecule has 1 heterocycles. The van der Waals surface area contributed by atoms with Gasteiger partial charge in [0.2, 0.25) is 0 Å². The van der Waals surface area contributed by atoms with Gasteiger partial charge in [0, 0.05) is 17.6 Å². The highest BCUT2D eigenvalue weighted by Gasteiger charge is 2.07. The minimum atomic E-state index is 0.638. The molecular formula is C16H14N2O2. The van der Waals surface area contributed by atoms with Gasteiger partial charge in [-0.25, -0.2) is 0 Å². The SMILES string of the molecule is COc1cccc(Oc2ccc(N)c3ncccc23)c1. The number of aromatic nitrogens is 1. The third-order valence-electron chi connectivity index (χ3n) is 3.03. The van der Waals surface area contributed by atoms with E-state index in [0.29, 0.717) is 11.4 Å². The van der Waals surface area contributed by atoms with Gasteiger partial charge in [0.1, 0.15) is 17.2 Å². The highest BCUT2D eigenvalue weighted by molar-refractivity contribution is 5.93. The van der Waals surface area contributed by atoms with Crippen molar-refractivity contribution in [1.82, 2.24) is 4.98 Å². The number of fused-ring (bicyclic) bond motifs is 1. The Morgan fingerprint density at radius 3 is 2.70 bits per heavy atom. The molecule has 4 nitrogen and oxygen atoms in total. The van der Waals surface area contributed by atoms with Crippen LogP contribution in [0.3, 0.4) is 0 Å². The lowest BCUT2D eigenvalue weighted by molar-refractivity contribution is 0.409. The van der Waals surface area contributed by atoms with Crippen LogP contribution in [0.25, 0.3) is 10.9 Å². The Morgan fingerprint density at radius 1 is 1.00 bits per heavy atom. The fourth-order valence-corrected chi connectivity index (χ4v) is 2.05. The van der Waals surface area contributed by atoms with Crippen molar-refractivity contribution in [2.75, 3.05) is 12.8 Å². The third-order valence-corrected chi connectivity index (χ3v) is 3.03. The van der Waals surface area contributed by atoms with Gasteiger partial charge in [0.25, 0.3) is 0 Å². The van der Waals surface area contributed by atoms with E-state index in [1.807, 2.05) is 42.5 Å². The maximum Gasteiger partial charge on any atom is 0.136 e. The summed E-state index contributed by atoms with van der Waals surface area (Å²) in [4.78, 5) is 4.29.